The molecule has 2 heterocycles. The molecule has 0 spiro atoms. The van der Waals surface area contributed by atoms with Crippen molar-refractivity contribution in [3.05, 3.63) is 47.0 Å². The lowest BCUT2D eigenvalue weighted by molar-refractivity contribution is 0.0980. The average Bonchev–Trinajstić information content (AvgIpc) is 2.82. The second-order valence-electron chi connectivity index (χ2n) is 5.55. The molecule has 3 rings (SSSR count). The topological polar surface area (TPSA) is 29.2 Å². The highest BCUT2D eigenvalue weighted by Crippen LogP contribution is 2.09. The molecule has 1 aromatic heterocycles. The summed E-state index contributed by atoms with van der Waals surface area (Å²) in [4.78, 5) is 4.91. The summed E-state index contributed by atoms with van der Waals surface area (Å²) in [5, 5.41) is 4.32. The minimum Gasteiger partial charge on any atom is -0.310 e. The van der Waals surface area contributed by atoms with E-state index in [1.165, 1.54) is 5.56 Å². The summed E-state index contributed by atoms with van der Waals surface area (Å²) >= 11 is 5.33. The molecule has 0 atom stereocenters. The van der Waals surface area contributed by atoms with Gasteiger partial charge in [-0.25, -0.2) is 4.68 Å². The Hall–Kier alpha value is -1.50. The van der Waals surface area contributed by atoms with Gasteiger partial charge in [0.1, 0.15) is 6.33 Å². The number of rotatable bonds is 4. The fourth-order valence-electron chi connectivity index (χ4n) is 2.64. The van der Waals surface area contributed by atoms with Gasteiger partial charge < -0.3 is 4.57 Å². The third-order valence-electron chi connectivity index (χ3n) is 3.93. The maximum atomic E-state index is 5.33. The zero-order valence-corrected chi connectivity index (χ0v) is 13.2. The summed E-state index contributed by atoms with van der Waals surface area (Å²) in [5.41, 5.74) is 1.39. The van der Waals surface area contributed by atoms with E-state index < -0.39 is 0 Å². The smallest absolute Gasteiger partial charge is 0.198 e. The van der Waals surface area contributed by atoms with Crippen LogP contribution in [0, 0.1) is 4.77 Å². The summed E-state index contributed by atoms with van der Waals surface area (Å²) < 4.78 is 4.55. The van der Waals surface area contributed by atoms with Crippen molar-refractivity contribution >= 4 is 12.2 Å². The van der Waals surface area contributed by atoms with Crippen LogP contribution in [0.15, 0.2) is 36.7 Å². The highest BCUT2D eigenvalue weighted by atomic mass is 32.1. The Morgan fingerprint density at radius 1 is 1.05 bits per heavy atom. The van der Waals surface area contributed by atoms with Crippen molar-refractivity contribution in [2.24, 2.45) is 7.05 Å². The number of hydrogen-bond acceptors (Lipinski definition) is 4. The van der Waals surface area contributed by atoms with Crippen LogP contribution in [0.5, 0.6) is 0 Å². The molecule has 112 valence electrons. The molecular formula is C15H21N5S. The fraction of sp³-hybridized carbons (Fsp3) is 0.467. The first-order valence-corrected chi connectivity index (χ1v) is 7.70. The van der Waals surface area contributed by atoms with Crippen LogP contribution in [0.3, 0.4) is 0 Å². The third kappa shape index (κ3) is 3.58. The summed E-state index contributed by atoms with van der Waals surface area (Å²) in [6.07, 6.45) is 1.77. The second-order valence-corrected chi connectivity index (χ2v) is 5.91. The van der Waals surface area contributed by atoms with Gasteiger partial charge in [0.05, 0.1) is 6.67 Å². The van der Waals surface area contributed by atoms with E-state index >= 15 is 0 Å². The summed E-state index contributed by atoms with van der Waals surface area (Å²) in [7, 11) is 1.93. The third-order valence-corrected chi connectivity index (χ3v) is 4.43. The predicted octanol–water partition coefficient (Wildman–Crippen LogP) is 1.73. The SMILES string of the molecule is Cn1cnn(CN2CCN(Cc3ccccc3)CC2)c1=S. The van der Waals surface area contributed by atoms with Crippen LogP contribution in [0.4, 0.5) is 0 Å². The van der Waals surface area contributed by atoms with Crippen molar-refractivity contribution in [3.8, 4) is 0 Å². The Morgan fingerprint density at radius 2 is 1.71 bits per heavy atom. The van der Waals surface area contributed by atoms with Gasteiger partial charge in [0.25, 0.3) is 0 Å². The molecule has 0 unspecified atom stereocenters. The Kier molecular flexibility index (Phi) is 4.48. The van der Waals surface area contributed by atoms with Gasteiger partial charge in [-0.15, -0.1) is 0 Å². The van der Waals surface area contributed by atoms with Crippen molar-refractivity contribution in [3.63, 3.8) is 0 Å². The van der Waals surface area contributed by atoms with Crippen molar-refractivity contribution in [2.75, 3.05) is 26.2 Å². The Balaban J connectivity index is 1.51. The fourth-order valence-corrected chi connectivity index (χ4v) is 2.79. The lowest BCUT2D eigenvalue weighted by Gasteiger charge is -2.34. The van der Waals surface area contributed by atoms with Gasteiger partial charge in [0.15, 0.2) is 4.77 Å². The van der Waals surface area contributed by atoms with Gasteiger partial charge in [-0.3, -0.25) is 9.80 Å². The molecule has 1 aliphatic rings. The quantitative estimate of drug-likeness (QED) is 0.805. The molecule has 21 heavy (non-hydrogen) atoms. The minimum atomic E-state index is 0.779. The highest BCUT2D eigenvalue weighted by molar-refractivity contribution is 7.71. The number of benzene rings is 1. The molecule has 0 saturated carbocycles. The van der Waals surface area contributed by atoms with Crippen LogP contribution < -0.4 is 0 Å². The highest BCUT2D eigenvalue weighted by Gasteiger charge is 2.17. The molecule has 0 aliphatic carbocycles. The van der Waals surface area contributed by atoms with Gasteiger partial charge >= 0.3 is 0 Å². The van der Waals surface area contributed by atoms with Crippen LogP contribution >= 0.6 is 12.2 Å². The standard InChI is InChI=1S/C15H21N5S/c1-17-12-16-20(15(17)21)13-19-9-7-18(8-10-19)11-14-5-3-2-4-6-14/h2-6,12H,7-11,13H2,1H3. The first-order valence-electron chi connectivity index (χ1n) is 7.29. The summed E-state index contributed by atoms with van der Waals surface area (Å²) in [6.45, 7) is 6.14. The lowest BCUT2D eigenvalue weighted by Crippen LogP contribution is -2.46. The van der Waals surface area contributed by atoms with Crippen molar-refractivity contribution < 1.29 is 0 Å². The molecule has 1 aliphatic heterocycles. The maximum Gasteiger partial charge on any atom is 0.198 e. The van der Waals surface area contributed by atoms with Gasteiger partial charge in [-0.05, 0) is 17.8 Å². The van der Waals surface area contributed by atoms with Gasteiger partial charge in [-0.2, -0.15) is 5.10 Å². The first-order chi connectivity index (χ1) is 10.2. The molecule has 1 fully saturated rings. The summed E-state index contributed by atoms with van der Waals surface area (Å²) in [5.74, 6) is 0. The lowest BCUT2D eigenvalue weighted by atomic mass is 10.2. The van der Waals surface area contributed by atoms with E-state index in [-0.39, 0.29) is 0 Å². The van der Waals surface area contributed by atoms with E-state index in [1.54, 1.807) is 6.33 Å². The van der Waals surface area contributed by atoms with Crippen molar-refractivity contribution in [1.29, 1.82) is 0 Å². The minimum absolute atomic E-state index is 0.779. The maximum absolute atomic E-state index is 5.33. The van der Waals surface area contributed by atoms with Gasteiger partial charge in [-0.1, -0.05) is 30.3 Å². The van der Waals surface area contributed by atoms with E-state index in [9.17, 15) is 0 Å². The van der Waals surface area contributed by atoms with Crippen LogP contribution in [-0.4, -0.2) is 50.3 Å². The zero-order valence-electron chi connectivity index (χ0n) is 12.4. The first kappa shape index (κ1) is 14.4. The van der Waals surface area contributed by atoms with E-state index in [1.807, 2.05) is 16.3 Å². The Labute approximate surface area is 130 Å². The monoisotopic (exact) mass is 303 g/mol. The zero-order chi connectivity index (χ0) is 14.7. The largest absolute Gasteiger partial charge is 0.310 e. The second kappa shape index (κ2) is 6.51. The molecule has 0 amide bonds. The van der Waals surface area contributed by atoms with E-state index in [4.69, 9.17) is 12.2 Å². The molecule has 0 radical (unpaired) electrons. The predicted molar refractivity (Wildman–Crippen MR) is 85.3 cm³/mol. The normalized spacial score (nSPS) is 17.2. The van der Waals surface area contributed by atoms with Gasteiger partial charge in [0, 0.05) is 39.8 Å². The van der Waals surface area contributed by atoms with Crippen LogP contribution in [0.2, 0.25) is 0 Å². The average molecular weight is 303 g/mol. The molecule has 0 N–H and O–H groups in total. The Morgan fingerprint density at radius 3 is 2.33 bits per heavy atom. The van der Waals surface area contributed by atoms with Crippen LogP contribution in [0.25, 0.3) is 0 Å². The molecule has 0 bridgehead atoms. The summed E-state index contributed by atoms with van der Waals surface area (Å²) in [6, 6.07) is 10.7. The number of hydrogen-bond donors (Lipinski definition) is 0. The van der Waals surface area contributed by atoms with E-state index in [0.717, 1.165) is 44.2 Å². The number of aromatic nitrogens is 3. The van der Waals surface area contributed by atoms with Crippen LogP contribution in [0.1, 0.15) is 5.56 Å². The number of nitrogens with zero attached hydrogens (tertiary/aromatic N) is 5. The molecule has 1 aromatic carbocycles. The Bertz CT molecular complexity index is 625. The number of aryl methyl sites for hydroxylation is 1. The van der Waals surface area contributed by atoms with Crippen LogP contribution in [-0.2, 0) is 20.3 Å². The number of piperazine rings is 1. The molecule has 1 saturated heterocycles. The molecular weight excluding hydrogens is 282 g/mol. The van der Waals surface area contributed by atoms with Crippen molar-refractivity contribution in [1.82, 2.24) is 24.1 Å². The van der Waals surface area contributed by atoms with Gasteiger partial charge in [0.2, 0.25) is 0 Å². The van der Waals surface area contributed by atoms with Crippen molar-refractivity contribution in [2.45, 2.75) is 13.2 Å². The molecule has 5 nitrogen and oxygen atoms in total. The molecule has 2 aromatic rings. The molecule has 6 heteroatoms. The van der Waals surface area contributed by atoms with E-state index in [2.05, 4.69) is 45.2 Å². The van der Waals surface area contributed by atoms with E-state index in [0.29, 0.717) is 0 Å².